The molecule has 144 valence electrons. The van der Waals surface area contributed by atoms with Gasteiger partial charge in [0.15, 0.2) is 5.78 Å². The van der Waals surface area contributed by atoms with Gasteiger partial charge < -0.3 is 5.32 Å². The van der Waals surface area contributed by atoms with Gasteiger partial charge in [-0.15, -0.1) is 0 Å². The maximum Gasteiger partial charge on any atom is 0.325 e. The molecule has 1 atom stereocenters. The Kier molecular flexibility index (Phi) is 4.75. The van der Waals surface area contributed by atoms with E-state index in [4.69, 9.17) is 0 Å². The maximum atomic E-state index is 13.3. The lowest BCUT2D eigenvalue weighted by atomic mass is 9.85. The lowest BCUT2D eigenvalue weighted by molar-refractivity contribution is -0.131. The SMILES string of the molecule is CCC[C@]1(c2ccccc2)NC(=O)N(CC(=O)c2ccc3c(c2)CCC3)C1=O. The van der Waals surface area contributed by atoms with Crippen molar-refractivity contribution in [3.05, 3.63) is 70.8 Å². The third-order valence-corrected chi connectivity index (χ3v) is 5.79. The highest BCUT2D eigenvalue weighted by Gasteiger charge is 2.52. The molecule has 0 saturated carbocycles. The van der Waals surface area contributed by atoms with Crippen molar-refractivity contribution in [3.8, 4) is 0 Å². The number of nitrogens with zero attached hydrogens (tertiary/aromatic N) is 1. The lowest BCUT2D eigenvalue weighted by Gasteiger charge is -2.26. The number of urea groups is 1. The third-order valence-electron chi connectivity index (χ3n) is 5.79. The highest BCUT2D eigenvalue weighted by molar-refractivity contribution is 6.11. The summed E-state index contributed by atoms with van der Waals surface area (Å²) in [5.74, 6) is -0.557. The second-order valence-corrected chi connectivity index (χ2v) is 7.60. The summed E-state index contributed by atoms with van der Waals surface area (Å²) in [6.07, 6.45) is 4.36. The monoisotopic (exact) mass is 376 g/mol. The number of carbonyl (C=O) groups excluding carboxylic acids is 3. The first-order chi connectivity index (χ1) is 13.5. The molecule has 5 nitrogen and oxygen atoms in total. The molecule has 1 aliphatic carbocycles. The molecule has 1 fully saturated rings. The Bertz CT molecular complexity index is 938. The first-order valence-electron chi connectivity index (χ1n) is 9.90. The smallest absolute Gasteiger partial charge is 0.319 e. The van der Waals surface area contributed by atoms with Crippen LogP contribution >= 0.6 is 0 Å². The number of aryl methyl sites for hydroxylation is 2. The Balaban J connectivity index is 1.59. The van der Waals surface area contributed by atoms with Crippen LogP contribution in [0.1, 0.15) is 53.2 Å². The number of hydrogen-bond acceptors (Lipinski definition) is 3. The molecule has 0 unspecified atom stereocenters. The summed E-state index contributed by atoms with van der Waals surface area (Å²) in [5, 5.41) is 2.87. The minimum absolute atomic E-state index is 0.210. The van der Waals surface area contributed by atoms with Crippen LogP contribution in [0.3, 0.4) is 0 Å². The van der Waals surface area contributed by atoms with Gasteiger partial charge in [0.1, 0.15) is 5.54 Å². The van der Waals surface area contributed by atoms with Gasteiger partial charge in [0.25, 0.3) is 5.91 Å². The molecule has 0 radical (unpaired) electrons. The van der Waals surface area contributed by atoms with Gasteiger partial charge in [-0.3, -0.25) is 14.5 Å². The summed E-state index contributed by atoms with van der Waals surface area (Å²) in [4.78, 5) is 39.8. The second kappa shape index (κ2) is 7.23. The van der Waals surface area contributed by atoms with E-state index in [1.54, 1.807) is 6.07 Å². The zero-order valence-electron chi connectivity index (χ0n) is 16.0. The molecule has 0 aromatic heterocycles. The number of nitrogens with one attached hydrogen (secondary N) is 1. The van der Waals surface area contributed by atoms with Crippen molar-refractivity contribution in [2.24, 2.45) is 0 Å². The Morgan fingerprint density at radius 3 is 2.57 bits per heavy atom. The van der Waals surface area contributed by atoms with E-state index in [0.717, 1.165) is 36.1 Å². The number of Topliss-reactive ketones (excluding diaryl/α,β-unsaturated/α-hetero) is 1. The number of imide groups is 1. The van der Waals surface area contributed by atoms with Crippen molar-refractivity contribution in [2.45, 2.75) is 44.6 Å². The van der Waals surface area contributed by atoms with Crippen molar-refractivity contribution in [1.82, 2.24) is 10.2 Å². The average Bonchev–Trinajstić information content (AvgIpc) is 3.27. The van der Waals surface area contributed by atoms with Crippen molar-refractivity contribution < 1.29 is 14.4 Å². The molecule has 3 amide bonds. The normalized spacial score (nSPS) is 21.0. The van der Waals surface area contributed by atoms with E-state index < -0.39 is 11.6 Å². The molecule has 1 aliphatic heterocycles. The minimum atomic E-state index is -1.09. The van der Waals surface area contributed by atoms with Crippen molar-refractivity contribution in [1.29, 1.82) is 0 Å². The van der Waals surface area contributed by atoms with Gasteiger partial charge in [0, 0.05) is 5.56 Å². The molecule has 0 spiro atoms. The zero-order chi connectivity index (χ0) is 19.7. The quantitative estimate of drug-likeness (QED) is 0.619. The van der Waals surface area contributed by atoms with Gasteiger partial charge in [-0.2, -0.15) is 0 Å². The van der Waals surface area contributed by atoms with Gasteiger partial charge in [0.2, 0.25) is 0 Å². The summed E-state index contributed by atoms with van der Waals surface area (Å²) in [6, 6.07) is 14.5. The van der Waals surface area contributed by atoms with Crippen LogP contribution < -0.4 is 5.32 Å². The van der Waals surface area contributed by atoms with Crippen molar-refractivity contribution >= 4 is 17.7 Å². The van der Waals surface area contributed by atoms with Crippen LogP contribution in [0.15, 0.2) is 48.5 Å². The predicted molar refractivity (Wildman–Crippen MR) is 106 cm³/mol. The van der Waals surface area contributed by atoms with Crippen LogP contribution in [0, 0.1) is 0 Å². The summed E-state index contributed by atoms with van der Waals surface area (Å²) >= 11 is 0. The highest BCUT2D eigenvalue weighted by atomic mass is 16.2. The average molecular weight is 376 g/mol. The van der Waals surface area contributed by atoms with Crippen molar-refractivity contribution in [2.75, 3.05) is 6.54 Å². The molecule has 0 bridgehead atoms. The highest BCUT2D eigenvalue weighted by Crippen LogP contribution is 2.33. The summed E-state index contributed by atoms with van der Waals surface area (Å²) in [7, 11) is 0. The standard InChI is InChI=1S/C23H24N2O3/c1-2-13-23(19-9-4-3-5-10-19)21(27)25(22(28)24-23)15-20(26)18-12-11-16-7-6-8-17(16)14-18/h3-5,9-12,14H,2,6-8,13,15H2,1H3,(H,24,28)/t23-/m1/s1. The Hall–Kier alpha value is -2.95. The Morgan fingerprint density at radius 2 is 1.82 bits per heavy atom. The number of amides is 3. The second-order valence-electron chi connectivity index (χ2n) is 7.60. The summed E-state index contributed by atoms with van der Waals surface area (Å²) in [5.41, 5.74) is 2.72. The number of hydrogen-bond donors (Lipinski definition) is 1. The van der Waals surface area contributed by atoms with E-state index in [9.17, 15) is 14.4 Å². The molecule has 2 aromatic rings. The number of fused-ring (bicyclic) bond motifs is 1. The fourth-order valence-corrected chi connectivity index (χ4v) is 4.36. The van der Waals surface area contributed by atoms with E-state index >= 15 is 0 Å². The van der Waals surface area contributed by atoms with Gasteiger partial charge >= 0.3 is 6.03 Å². The van der Waals surface area contributed by atoms with E-state index in [1.165, 1.54) is 11.1 Å². The minimum Gasteiger partial charge on any atom is -0.319 e. The fraction of sp³-hybridized carbons (Fsp3) is 0.348. The fourth-order valence-electron chi connectivity index (χ4n) is 4.36. The topological polar surface area (TPSA) is 66.5 Å². The lowest BCUT2D eigenvalue weighted by Crippen LogP contribution is -2.44. The van der Waals surface area contributed by atoms with E-state index in [0.29, 0.717) is 12.0 Å². The molecule has 2 aromatic carbocycles. The van der Waals surface area contributed by atoms with Crippen LogP contribution in [0.4, 0.5) is 4.79 Å². The molecular weight excluding hydrogens is 352 g/mol. The molecule has 2 aliphatic rings. The van der Waals surface area contributed by atoms with E-state index in [1.807, 2.05) is 49.4 Å². The Labute approximate surface area is 164 Å². The third kappa shape index (κ3) is 3.01. The number of carbonyl (C=O) groups is 3. The van der Waals surface area contributed by atoms with Gasteiger partial charge in [-0.1, -0.05) is 55.8 Å². The van der Waals surface area contributed by atoms with Gasteiger partial charge in [0.05, 0.1) is 6.54 Å². The zero-order valence-corrected chi connectivity index (χ0v) is 16.0. The van der Waals surface area contributed by atoms with E-state index in [-0.39, 0.29) is 18.2 Å². The molecule has 5 heteroatoms. The van der Waals surface area contributed by atoms with Crippen LogP contribution in [0.25, 0.3) is 0 Å². The van der Waals surface area contributed by atoms with Crippen molar-refractivity contribution in [3.63, 3.8) is 0 Å². The first kappa shape index (κ1) is 18.4. The summed E-state index contributed by atoms with van der Waals surface area (Å²) in [6.45, 7) is 1.74. The molecule has 1 saturated heterocycles. The number of benzene rings is 2. The maximum absolute atomic E-state index is 13.3. The Morgan fingerprint density at radius 1 is 1.07 bits per heavy atom. The van der Waals surface area contributed by atoms with E-state index in [2.05, 4.69) is 5.32 Å². The predicted octanol–water partition coefficient (Wildman–Crippen LogP) is 3.61. The van der Waals surface area contributed by atoms with Crippen LogP contribution in [-0.4, -0.2) is 29.2 Å². The van der Waals surface area contributed by atoms with Crippen LogP contribution in [0.5, 0.6) is 0 Å². The number of rotatable bonds is 6. The first-order valence-corrected chi connectivity index (χ1v) is 9.90. The molecule has 1 heterocycles. The largest absolute Gasteiger partial charge is 0.325 e. The summed E-state index contributed by atoms with van der Waals surface area (Å²) < 4.78 is 0. The van der Waals surface area contributed by atoms with Gasteiger partial charge in [-0.25, -0.2) is 4.79 Å². The molecule has 1 N–H and O–H groups in total. The molecule has 28 heavy (non-hydrogen) atoms. The number of ketones is 1. The molecular formula is C23H24N2O3. The van der Waals surface area contributed by atoms with Gasteiger partial charge in [-0.05, 0) is 48.4 Å². The van der Waals surface area contributed by atoms with Crippen LogP contribution in [-0.2, 0) is 23.2 Å². The van der Waals surface area contributed by atoms with Crippen LogP contribution in [0.2, 0.25) is 0 Å². The molecule has 4 rings (SSSR count).